The Labute approximate surface area is 68.4 Å². The molecule has 1 heterocycles. The van der Waals surface area contributed by atoms with Crippen LogP contribution in [0.25, 0.3) is 0 Å². The van der Waals surface area contributed by atoms with Crippen molar-refractivity contribution >= 4 is 0 Å². The zero-order valence-corrected chi connectivity index (χ0v) is 7.38. The molecule has 1 aliphatic rings. The third kappa shape index (κ3) is 2.15. The SMILES string of the molecule is CN(C)[C@H]1CCNC[C@@H]1CO. The Morgan fingerprint density at radius 1 is 1.55 bits per heavy atom. The summed E-state index contributed by atoms with van der Waals surface area (Å²) in [4.78, 5) is 2.21. The van der Waals surface area contributed by atoms with E-state index in [1.54, 1.807) is 0 Å². The van der Waals surface area contributed by atoms with Crippen LogP contribution < -0.4 is 5.32 Å². The Bertz CT molecular complexity index is 117. The third-order valence-corrected chi connectivity index (χ3v) is 2.47. The molecule has 1 rings (SSSR count). The molecule has 66 valence electrons. The number of hydrogen-bond acceptors (Lipinski definition) is 3. The van der Waals surface area contributed by atoms with E-state index in [4.69, 9.17) is 5.11 Å². The Kier molecular flexibility index (Phi) is 3.30. The van der Waals surface area contributed by atoms with Crippen LogP contribution in [0.4, 0.5) is 0 Å². The summed E-state index contributed by atoms with van der Waals surface area (Å²) in [5, 5.41) is 12.3. The van der Waals surface area contributed by atoms with Gasteiger partial charge < -0.3 is 15.3 Å². The normalized spacial score (nSPS) is 32.7. The first kappa shape index (κ1) is 8.97. The summed E-state index contributed by atoms with van der Waals surface area (Å²) in [6.07, 6.45) is 1.15. The van der Waals surface area contributed by atoms with Crippen LogP contribution in [0, 0.1) is 5.92 Å². The lowest BCUT2D eigenvalue weighted by molar-refractivity contribution is 0.107. The van der Waals surface area contributed by atoms with Crippen molar-refractivity contribution < 1.29 is 5.11 Å². The Hall–Kier alpha value is -0.120. The predicted octanol–water partition coefficient (Wildman–Crippen LogP) is -0.482. The molecule has 0 saturated carbocycles. The van der Waals surface area contributed by atoms with Gasteiger partial charge in [0.25, 0.3) is 0 Å². The van der Waals surface area contributed by atoms with Crippen molar-refractivity contribution in [2.24, 2.45) is 5.92 Å². The minimum Gasteiger partial charge on any atom is -0.396 e. The summed E-state index contributed by atoms with van der Waals surface area (Å²) >= 11 is 0. The summed E-state index contributed by atoms with van der Waals surface area (Å²) in [5.41, 5.74) is 0. The van der Waals surface area contributed by atoms with Crippen LogP contribution in [0.1, 0.15) is 6.42 Å². The van der Waals surface area contributed by atoms with E-state index in [1.165, 1.54) is 0 Å². The van der Waals surface area contributed by atoms with Crippen LogP contribution in [0.3, 0.4) is 0 Å². The van der Waals surface area contributed by atoms with Crippen LogP contribution in [0.2, 0.25) is 0 Å². The quantitative estimate of drug-likeness (QED) is 0.570. The molecule has 0 unspecified atom stereocenters. The predicted molar refractivity (Wildman–Crippen MR) is 45.5 cm³/mol. The van der Waals surface area contributed by atoms with Gasteiger partial charge in [0.1, 0.15) is 0 Å². The second-order valence-corrected chi connectivity index (χ2v) is 3.47. The van der Waals surface area contributed by atoms with E-state index in [2.05, 4.69) is 24.3 Å². The van der Waals surface area contributed by atoms with Crippen molar-refractivity contribution in [2.75, 3.05) is 33.8 Å². The number of piperidine rings is 1. The molecule has 0 aromatic carbocycles. The Morgan fingerprint density at radius 2 is 2.27 bits per heavy atom. The van der Waals surface area contributed by atoms with E-state index < -0.39 is 0 Å². The van der Waals surface area contributed by atoms with Crippen LogP contribution in [0.15, 0.2) is 0 Å². The molecule has 0 radical (unpaired) electrons. The molecule has 1 fully saturated rings. The lowest BCUT2D eigenvalue weighted by atomic mass is 9.93. The summed E-state index contributed by atoms with van der Waals surface area (Å²) in [7, 11) is 4.16. The number of aliphatic hydroxyl groups is 1. The van der Waals surface area contributed by atoms with Gasteiger partial charge in [0.05, 0.1) is 0 Å². The van der Waals surface area contributed by atoms with E-state index in [0.29, 0.717) is 18.6 Å². The second kappa shape index (κ2) is 4.04. The van der Waals surface area contributed by atoms with Crippen LogP contribution in [-0.4, -0.2) is 49.8 Å². The maximum Gasteiger partial charge on any atom is 0.0486 e. The second-order valence-electron chi connectivity index (χ2n) is 3.47. The minimum absolute atomic E-state index is 0.301. The molecule has 2 N–H and O–H groups in total. The highest BCUT2D eigenvalue weighted by Gasteiger charge is 2.25. The number of nitrogens with zero attached hydrogens (tertiary/aromatic N) is 1. The molecule has 1 aliphatic heterocycles. The van der Waals surface area contributed by atoms with Gasteiger partial charge in [-0.1, -0.05) is 0 Å². The first-order valence-electron chi connectivity index (χ1n) is 4.23. The topological polar surface area (TPSA) is 35.5 Å². The smallest absolute Gasteiger partial charge is 0.0486 e. The van der Waals surface area contributed by atoms with Crippen molar-refractivity contribution in [2.45, 2.75) is 12.5 Å². The molecule has 1 saturated heterocycles. The first-order valence-corrected chi connectivity index (χ1v) is 4.23. The van der Waals surface area contributed by atoms with E-state index in [-0.39, 0.29) is 0 Å². The van der Waals surface area contributed by atoms with Gasteiger partial charge in [-0.25, -0.2) is 0 Å². The molecular formula is C8H18N2O. The van der Waals surface area contributed by atoms with Gasteiger partial charge in [-0.15, -0.1) is 0 Å². The van der Waals surface area contributed by atoms with Gasteiger partial charge in [0.2, 0.25) is 0 Å². The van der Waals surface area contributed by atoms with E-state index >= 15 is 0 Å². The van der Waals surface area contributed by atoms with Crippen molar-refractivity contribution in [3.8, 4) is 0 Å². The lowest BCUT2D eigenvalue weighted by Crippen LogP contribution is -2.48. The highest BCUT2D eigenvalue weighted by Crippen LogP contribution is 2.14. The average Bonchev–Trinajstić information content (AvgIpc) is 2.04. The Balaban J connectivity index is 2.44. The maximum absolute atomic E-state index is 9.04. The molecule has 0 aromatic heterocycles. The average molecular weight is 158 g/mol. The summed E-state index contributed by atoms with van der Waals surface area (Å²) in [6.45, 7) is 2.34. The van der Waals surface area contributed by atoms with Gasteiger partial charge in [-0.2, -0.15) is 0 Å². The summed E-state index contributed by atoms with van der Waals surface area (Å²) in [5.74, 6) is 0.416. The molecule has 0 amide bonds. The molecule has 0 spiro atoms. The molecule has 3 heteroatoms. The van der Waals surface area contributed by atoms with Crippen molar-refractivity contribution in [3.63, 3.8) is 0 Å². The molecular weight excluding hydrogens is 140 g/mol. The fourth-order valence-electron chi connectivity index (χ4n) is 1.78. The number of hydrogen-bond donors (Lipinski definition) is 2. The number of nitrogens with one attached hydrogen (secondary N) is 1. The zero-order valence-electron chi connectivity index (χ0n) is 7.38. The largest absolute Gasteiger partial charge is 0.396 e. The fraction of sp³-hybridized carbons (Fsp3) is 1.00. The number of rotatable bonds is 2. The molecule has 0 bridgehead atoms. The first-order chi connectivity index (χ1) is 5.25. The Morgan fingerprint density at radius 3 is 2.73 bits per heavy atom. The van der Waals surface area contributed by atoms with Crippen LogP contribution in [0.5, 0.6) is 0 Å². The summed E-state index contributed by atoms with van der Waals surface area (Å²) in [6, 6.07) is 0.557. The van der Waals surface area contributed by atoms with E-state index in [0.717, 1.165) is 19.5 Å². The van der Waals surface area contributed by atoms with Crippen molar-refractivity contribution in [1.82, 2.24) is 10.2 Å². The number of aliphatic hydroxyl groups excluding tert-OH is 1. The van der Waals surface area contributed by atoms with Crippen LogP contribution >= 0.6 is 0 Å². The van der Waals surface area contributed by atoms with Gasteiger partial charge >= 0.3 is 0 Å². The van der Waals surface area contributed by atoms with Crippen molar-refractivity contribution in [3.05, 3.63) is 0 Å². The van der Waals surface area contributed by atoms with E-state index in [1.807, 2.05) is 0 Å². The monoisotopic (exact) mass is 158 g/mol. The van der Waals surface area contributed by atoms with Gasteiger partial charge in [0.15, 0.2) is 0 Å². The highest BCUT2D eigenvalue weighted by molar-refractivity contribution is 4.82. The van der Waals surface area contributed by atoms with Gasteiger partial charge in [-0.05, 0) is 27.1 Å². The highest BCUT2D eigenvalue weighted by atomic mass is 16.3. The minimum atomic E-state index is 0.301. The molecule has 2 atom stereocenters. The lowest BCUT2D eigenvalue weighted by Gasteiger charge is -2.35. The fourth-order valence-corrected chi connectivity index (χ4v) is 1.78. The van der Waals surface area contributed by atoms with Gasteiger partial charge in [0, 0.05) is 25.1 Å². The molecule has 3 nitrogen and oxygen atoms in total. The molecule has 0 aliphatic carbocycles. The molecule has 11 heavy (non-hydrogen) atoms. The zero-order chi connectivity index (χ0) is 8.27. The molecule has 0 aromatic rings. The van der Waals surface area contributed by atoms with Crippen LogP contribution in [-0.2, 0) is 0 Å². The maximum atomic E-state index is 9.04. The third-order valence-electron chi connectivity index (χ3n) is 2.47. The summed E-state index contributed by atoms with van der Waals surface area (Å²) < 4.78 is 0. The van der Waals surface area contributed by atoms with Crippen molar-refractivity contribution in [1.29, 1.82) is 0 Å². The van der Waals surface area contributed by atoms with Gasteiger partial charge in [-0.3, -0.25) is 0 Å². The van der Waals surface area contributed by atoms with E-state index in [9.17, 15) is 0 Å². The standard InChI is InChI=1S/C8H18N2O/c1-10(2)8-3-4-9-5-7(8)6-11/h7-9,11H,3-6H2,1-2H3/t7-,8+/m1/s1.